The maximum Gasteiger partial charge on any atom is 0.331 e. The number of carbonyl (C=O) groups excluding carboxylic acids is 2. The minimum Gasteiger partial charge on any atom is -0.457 e. The van der Waals surface area contributed by atoms with Crippen molar-refractivity contribution in [1.82, 2.24) is 19.8 Å². The summed E-state index contributed by atoms with van der Waals surface area (Å²) < 4.78 is 7.77. The van der Waals surface area contributed by atoms with Crippen molar-refractivity contribution in [3.8, 4) is 17.2 Å². The predicted octanol–water partition coefficient (Wildman–Crippen LogP) is 3.59. The number of para-hydroxylation sites is 2. The number of aromatic amines is 1. The van der Waals surface area contributed by atoms with E-state index in [1.807, 2.05) is 42.5 Å². The molecule has 2 N–H and O–H groups in total. The van der Waals surface area contributed by atoms with Crippen LogP contribution in [-0.2, 0) is 11.3 Å². The Kier molecular flexibility index (Phi) is 5.63. The second kappa shape index (κ2) is 8.90. The molecule has 8 heteroatoms. The third-order valence-corrected chi connectivity index (χ3v) is 6.00. The van der Waals surface area contributed by atoms with Crippen LogP contribution in [0.1, 0.15) is 28.8 Å². The molecule has 0 radical (unpaired) electrons. The van der Waals surface area contributed by atoms with Crippen molar-refractivity contribution in [2.75, 3.05) is 13.6 Å². The van der Waals surface area contributed by atoms with Crippen LogP contribution < -0.4 is 15.7 Å². The van der Waals surface area contributed by atoms with Gasteiger partial charge in [0.25, 0.3) is 5.91 Å². The van der Waals surface area contributed by atoms with E-state index in [1.54, 1.807) is 40.8 Å². The average molecular weight is 457 g/mol. The Balaban J connectivity index is 1.45. The molecule has 0 saturated carbocycles. The normalized spacial score (nSPS) is 13.4. The minimum absolute atomic E-state index is 0.120. The fourth-order valence-corrected chi connectivity index (χ4v) is 4.24. The lowest BCUT2D eigenvalue weighted by Crippen LogP contribution is -2.24. The van der Waals surface area contributed by atoms with Crippen LogP contribution >= 0.6 is 0 Å². The van der Waals surface area contributed by atoms with Crippen LogP contribution in [-0.4, -0.2) is 39.9 Å². The summed E-state index contributed by atoms with van der Waals surface area (Å²) in [6.07, 6.45) is 1.40. The molecule has 4 aromatic rings. The van der Waals surface area contributed by atoms with Gasteiger partial charge in [-0.15, -0.1) is 0 Å². The second-order valence-corrected chi connectivity index (χ2v) is 8.20. The van der Waals surface area contributed by atoms with Crippen molar-refractivity contribution < 1.29 is 14.3 Å². The van der Waals surface area contributed by atoms with Gasteiger partial charge in [0.2, 0.25) is 5.91 Å². The first-order chi connectivity index (χ1) is 16.5. The summed E-state index contributed by atoms with van der Waals surface area (Å²) in [5.74, 6) is 0.968. The zero-order valence-electron chi connectivity index (χ0n) is 18.7. The first kappa shape index (κ1) is 21.5. The lowest BCUT2D eigenvalue weighted by molar-refractivity contribution is -0.128. The molecular formula is C26H24N4O4. The van der Waals surface area contributed by atoms with Crippen molar-refractivity contribution in [3.05, 3.63) is 88.3 Å². The molecule has 0 atom stereocenters. The van der Waals surface area contributed by atoms with Gasteiger partial charge in [0.05, 0.1) is 16.7 Å². The summed E-state index contributed by atoms with van der Waals surface area (Å²) >= 11 is 0. The number of ether oxygens (including phenoxy) is 1. The summed E-state index contributed by atoms with van der Waals surface area (Å²) in [5.41, 5.74) is 3.33. The number of rotatable bonds is 6. The first-order valence-corrected chi connectivity index (χ1v) is 11.1. The number of aromatic nitrogens is 2. The number of fused-ring (bicyclic) bond motifs is 1. The number of likely N-dealkylation sites (tertiary alicyclic amines) is 1. The molecular weight excluding hydrogens is 432 g/mol. The Morgan fingerprint density at radius 1 is 1.06 bits per heavy atom. The largest absolute Gasteiger partial charge is 0.457 e. The van der Waals surface area contributed by atoms with Crippen LogP contribution in [0, 0.1) is 0 Å². The standard InChI is InChI=1S/C26H24N4O4/c1-27-25(32)17-8-9-18(16-29-14-4-7-24(29)31)23(15-17)34-20-12-10-19(11-13-20)30-22-6-3-2-5-21(22)28-26(30)33/h2-3,5-6,8-13,15H,4,7,14,16H2,1H3,(H,27,32)(H,28,33). The second-order valence-electron chi connectivity index (χ2n) is 8.20. The molecule has 1 fully saturated rings. The summed E-state index contributed by atoms with van der Waals surface area (Å²) in [5, 5.41) is 2.62. The fraction of sp³-hybridized carbons (Fsp3) is 0.192. The number of benzene rings is 3. The Bertz CT molecular complexity index is 1440. The van der Waals surface area contributed by atoms with Crippen molar-refractivity contribution in [2.45, 2.75) is 19.4 Å². The number of hydrogen-bond acceptors (Lipinski definition) is 4. The fourth-order valence-electron chi connectivity index (χ4n) is 4.24. The Morgan fingerprint density at radius 3 is 2.59 bits per heavy atom. The van der Waals surface area contributed by atoms with Crippen molar-refractivity contribution in [1.29, 1.82) is 0 Å². The van der Waals surface area contributed by atoms with Gasteiger partial charge in [-0.05, 0) is 55.0 Å². The average Bonchev–Trinajstić information content (AvgIpc) is 3.41. The lowest BCUT2D eigenvalue weighted by Gasteiger charge is -2.19. The van der Waals surface area contributed by atoms with E-state index in [0.29, 0.717) is 42.3 Å². The lowest BCUT2D eigenvalue weighted by atomic mass is 10.1. The zero-order chi connectivity index (χ0) is 23.7. The van der Waals surface area contributed by atoms with Gasteiger partial charge >= 0.3 is 5.69 Å². The number of carbonyl (C=O) groups is 2. The number of imidazole rings is 1. The number of hydrogen-bond donors (Lipinski definition) is 2. The molecule has 2 heterocycles. The first-order valence-electron chi connectivity index (χ1n) is 11.1. The highest BCUT2D eigenvalue weighted by atomic mass is 16.5. The highest BCUT2D eigenvalue weighted by Crippen LogP contribution is 2.30. The molecule has 0 aliphatic carbocycles. The number of amides is 2. The van der Waals surface area contributed by atoms with Crippen molar-refractivity contribution in [3.63, 3.8) is 0 Å². The Morgan fingerprint density at radius 2 is 1.85 bits per heavy atom. The maximum atomic E-state index is 12.5. The highest BCUT2D eigenvalue weighted by molar-refractivity contribution is 5.94. The van der Waals surface area contributed by atoms with Crippen LogP contribution in [0.3, 0.4) is 0 Å². The summed E-state index contributed by atoms with van der Waals surface area (Å²) in [4.78, 5) is 41.4. The van der Waals surface area contributed by atoms with E-state index in [0.717, 1.165) is 23.0 Å². The van der Waals surface area contributed by atoms with E-state index in [1.165, 1.54) is 0 Å². The molecule has 2 amide bonds. The molecule has 0 bridgehead atoms. The van der Waals surface area contributed by atoms with Crippen molar-refractivity contribution >= 4 is 22.8 Å². The maximum absolute atomic E-state index is 12.5. The van der Waals surface area contributed by atoms with Crippen LogP contribution in [0.15, 0.2) is 71.5 Å². The molecule has 8 nitrogen and oxygen atoms in total. The van der Waals surface area contributed by atoms with E-state index < -0.39 is 0 Å². The van der Waals surface area contributed by atoms with Gasteiger partial charge in [-0.2, -0.15) is 0 Å². The monoisotopic (exact) mass is 456 g/mol. The summed E-state index contributed by atoms with van der Waals surface area (Å²) in [6, 6.07) is 19.9. The predicted molar refractivity (Wildman–Crippen MR) is 128 cm³/mol. The highest BCUT2D eigenvalue weighted by Gasteiger charge is 2.22. The van der Waals surface area contributed by atoms with E-state index in [9.17, 15) is 14.4 Å². The van der Waals surface area contributed by atoms with Gasteiger partial charge < -0.3 is 19.9 Å². The third-order valence-electron chi connectivity index (χ3n) is 6.00. The van der Waals surface area contributed by atoms with E-state index in [-0.39, 0.29) is 17.5 Å². The summed E-state index contributed by atoms with van der Waals surface area (Å²) in [6.45, 7) is 1.13. The van der Waals surface area contributed by atoms with Gasteiger partial charge in [0, 0.05) is 37.7 Å². The number of H-pyrrole nitrogens is 1. The number of nitrogens with zero attached hydrogens (tertiary/aromatic N) is 2. The molecule has 172 valence electrons. The van der Waals surface area contributed by atoms with Gasteiger partial charge in [-0.3, -0.25) is 14.2 Å². The smallest absolute Gasteiger partial charge is 0.331 e. The van der Waals surface area contributed by atoms with Crippen LogP contribution in [0.4, 0.5) is 0 Å². The molecule has 1 aliphatic rings. The van der Waals surface area contributed by atoms with E-state index in [4.69, 9.17) is 4.74 Å². The van der Waals surface area contributed by atoms with Gasteiger partial charge in [0.15, 0.2) is 0 Å². The molecule has 0 unspecified atom stereocenters. The van der Waals surface area contributed by atoms with Gasteiger partial charge in [0.1, 0.15) is 11.5 Å². The molecule has 3 aromatic carbocycles. The quantitative estimate of drug-likeness (QED) is 0.463. The molecule has 5 rings (SSSR count). The molecule has 0 spiro atoms. The van der Waals surface area contributed by atoms with E-state index in [2.05, 4.69) is 10.3 Å². The SMILES string of the molecule is CNC(=O)c1ccc(CN2CCCC2=O)c(Oc2ccc(-n3c(=O)[nH]c4ccccc43)cc2)c1. The molecule has 1 aliphatic heterocycles. The Hall–Kier alpha value is -4.33. The molecule has 1 aromatic heterocycles. The Labute approximate surface area is 195 Å². The third kappa shape index (κ3) is 4.05. The van der Waals surface area contributed by atoms with Gasteiger partial charge in [-0.1, -0.05) is 18.2 Å². The van der Waals surface area contributed by atoms with Crippen LogP contribution in [0.5, 0.6) is 11.5 Å². The molecule has 34 heavy (non-hydrogen) atoms. The van der Waals surface area contributed by atoms with Crippen molar-refractivity contribution in [2.24, 2.45) is 0 Å². The van der Waals surface area contributed by atoms with E-state index >= 15 is 0 Å². The van der Waals surface area contributed by atoms with Crippen LogP contribution in [0.2, 0.25) is 0 Å². The topological polar surface area (TPSA) is 96.4 Å². The minimum atomic E-state index is -0.220. The zero-order valence-corrected chi connectivity index (χ0v) is 18.7. The van der Waals surface area contributed by atoms with Gasteiger partial charge in [-0.25, -0.2) is 4.79 Å². The summed E-state index contributed by atoms with van der Waals surface area (Å²) in [7, 11) is 1.57. The molecule has 1 saturated heterocycles. The number of nitrogens with one attached hydrogen (secondary N) is 2. The van der Waals surface area contributed by atoms with Crippen LogP contribution in [0.25, 0.3) is 16.7 Å².